The van der Waals surface area contributed by atoms with Gasteiger partial charge in [-0.3, -0.25) is 4.79 Å². The fraction of sp³-hybridized carbons (Fsp3) is 0.353. The molecule has 98 valence electrons. The number of hydrogen-bond acceptors (Lipinski definition) is 1. The minimum atomic E-state index is 0.294. The highest BCUT2D eigenvalue weighted by atomic mass is 16.1. The van der Waals surface area contributed by atoms with Crippen LogP contribution in [-0.2, 0) is 6.42 Å². The van der Waals surface area contributed by atoms with Crippen LogP contribution in [0, 0.1) is 20.8 Å². The summed E-state index contributed by atoms with van der Waals surface area (Å²) in [5, 5.41) is 0. The highest BCUT2D eigenvalue weighted by Crippen LogP contribution is 2.28. The Hall–Kier alpha value is -1.83. The summed E-state index contributed by atoms with van der Waals surface area (Å²) in [6.45, 7) is 6.41. The molecule has 0 spiro atoms. The molecule has 2 heteroatoms. The van der Waals surface area contributed by atoms with Gasteiger partial charge >= 0.3 is 0 Å². The van der Waals surface area contributed by atoms with E-state index in [1.54, 1.807) is 0 Å². The normalized spacial score (nSPS) is 14.6. The topological polar surface area (TPSA) is 22.0 Å². The molecule has 3 rings (SSSR count). The standard InChI is InChI=1S/C17H19NO/c1-11-9-12(2)17(13(3)10-11)18-8-7-14-15(18)5-4-6-16(14)19/h7-10H,4-6H2,1-3H3. The summed E-state index contributed by atoms with van der Waals surface area (Å²) in [5.74, 6) is 0.294. The van der Waals surface area contributed by atoms with Gasteiger partial charge in [0.25, 0.3) is 0 Å². The third-order valence-electron chi connectivity index (χ3n) is 3.99. The second-order valence-electron chi connectivity index (χ2n) is 5.57. The Morgan fingerprint density at radius 1 is 1.05 bits per heavy atom. The van der Waals surface area contributed by atoms with Crippen molar-refractivity contribution in [1.82, 2.24) is 4.57 Å². The van der Waals surface area contributed by atoms with E-state index in [-0.39, 0.29) is 0 Å². The number of rotatable bonds is 1. The Morgan fingerprint density at radius 2 is 1.74 bits per heavy atom. The van der Waals surface area contributed by atoms with E-state index in [9.17, 15) is 4.79 Å². The van der Waals surface area contributed by atoms with Gasteiger partial charge in [0.2, 0.25) is 0 Å². The van der Waals surface area contributed by atoms with Gasteiger partial charge in [-0.05, 0) is 50.8 Å². The monoisotopic (exact) mass is 253 g/mol. The molecule has 1 aromatic heterocycles. The van der Waals surface area contributed by atoms with E-state index in [2.05, 4.69) is 43.7 Å². The zero-order valence-electron chi connectivity index (χ0n) is 11.8. The van der Waals surface area contributed by atoms with Crippen LogP contribution in [0.3, 0.4) is 0 Å². The lowest BCUT2D eigenvalue weighted by molar-refractivity contribution is 0.0972. The van der Waals surface area contributed by atoms with Gasteiger partial charge < -0.3 is 4.57 Å². The van der Waals surface area contributed by atoms with Crippen LogP contribution in [0.4, 0.5) is 0 Å². The first-order valence-corrected chi connectivity index (χ1v) is 6.89. The Labute approximate surface area is 114 Å². The second-order valence-corrected chi connectivity index (χ2v) is 5.57. The average molecular weight is 253 g/mol. The lowest BCUT2D eigenvalue weighted by Gasteiger charge is -2.19. The summed E-state index contributed by atoms with van der Waals surface area (Å²) in [7, 11) is 0. The maximum absolute atomic E-state index is 11.9. The van der Waals surface area contributed by atoms with Gasteiger partial charge in [-0.15, -0.1) is 0 Å². The molecule has 1 aliphatic rings. The van der Waals surface area contributed by atoms with Gasteiger partial charge in [0.15, 0.2) is 5.78 Å². The number of aromatic nitrogens is 1. The van der Waals surface area contributed by atoms with Gasteiger partial charge in [-0.25, -0.2) is 0 Å². The van der Waals surface area contributed by atoms with Gasteiger partial charge in [0, 0.05) is 23.9 Å². The molecule has 0 saturated carbocycles. The molecule has 1 aromatic carbocycles. The molecular weight excluding hydrogens is 234 g/mol. The van der Waals surface area contributed by atoms with E-state index in [0.717, 1.165) is 18.4 Å². The Bertz CT molecular complexity index is 641. The molecule has 0 amide bonds. The Morgan fingerprint density at radius 3 is 2.42 bits per heavy atom. The van der Waals surface area contributed by atoms with Gasteiger partial charge in [-0.1, -0.05) is 17.7 Å². The number of Topliss-reactive ketones (excluding diaryl/α,β-unsaturated/α-hetero) is 1. The zero-order chi connectivity index (χ0) is 13.6. The van der Waals surface area contributed by atoms with Crippen LogP contribution in [0.15, 0.2) is 24.4 Å². The number of benzene rings is 1. The lowest BCUT2D eigenvalue weighted by atomic mass is 9.96. The van der Waals surface area contributed by atoms with Crippen LogP contribution in [-0.4, -0.2) is 10.4 Å². The summed E-state index contributed by atoms with van der Waals surface area (Å²) in [4.78, 5) is 11.9. The van der Waals surface area contributed by atoms with E-state index in [0.29, 0.717) is 12.2 Å². The van der Waals surface area contributed by atoms with E-state index in [4.69, 9.17) is 0 Å². The smallest absolute Gasteiger partial charge is 0.164 e. The largest absolute Gasteiger partial charge is 0.320 e. The number of hydrogen-bond donors (Lipinski definition) is 0. The van der Waals surface area contributed by atoms with E-state index in [1.807, 2.05) is 6.07 Å². The van der Waals surface area contributed by atoms with Crippen molar-refractivity contribution in [3.05, 3.63) is 52.3 Å². The predicted molar refractivity (Wildman–Crippen MR) is 77.2 cm³/mol. The highest BCUT2D eigenvalue weighted by molar-refractivity contribution is 5.98. The molecule has 2 nitrogen and oxygen atoms in total. The minimum absolute atomic E-state index is 0.294. The van der Waals surface area contributed by atoms with Crippen LogP contribution < -0.4 is 0 Å². The van der Waals surface area contributed by atoms with Crippen molar-refractivity contribution in [1.29, 1.82) is 0 Å². The molecule has 0 radical (unpaired) electrons. The zero-order valence-corrected chi connectivity index (χ0v) is 11.8. The van der Waals surface area contributed by atoms with Crippen molar-refractivity contribution in [2.45, 2.75) is 40.0 Å². The van der Waals surface area contributed by atoms with Crippen LogP contribution in [0.1, 0.15) is 45.6 Å². The summed E-state index contributed by atoms with van der Waals surface area (Å²) in [5.41, 5.74) is 7.18. The van der Waals surface area contributed by atoms with Crippen LogP contribution in [0.2, 0.25) is 0 Å². The molecule has 1 aliphatic carbocycles. The summed E-state index contributed by atoms with van der Waals surface area (Å²) >= 11 is 0. The van der Waals surface area contributed by atoms with Crippen molar-refractivity contribution >= 4 is 5.78 Å². The van der Waals surface area contributed by atoms with Crippen molar-refractivity contribution in [2.75, 3.05) is 0 Å². The van der Waals surface area contributed by atoms with Crippen molar-refractivity contribution in [3.63, 3.8) is 0 Å². The Balaban J connectivity index is 2.21. The maximum atomic E-state index is 11.9. The number of carbonyl (C=O) groups excluding carboxylic acids is 1. The average Bonchev–Trinajstić information content (AvgIpc) is 2.73. The highest BCUT2D eigenvalue weighted by Gasteiger charge is 2.22. The number of aryl methyl sites for hydroxylation is 3. The minimum Gasteiger partial charge on any atom is -0.320 e. The molecule has 0 N–H and O–H groups in total. The molecule has 2 aromatic rings. The Kier molecular flexibility index (Phi) is 2.81. The third kappa shape index (κ3) is 1.92. The van der Waals surface area contributed by atoms with E-state index in [1.165, 1.54) is 28.1 Å². The molecule has 1 heterocycles. The second kappa shape index (κ2) is 4.37. The summed E-state index contributed by atoms with van der Waals surface area (Å²) in [6.07, 6.45) is 4.72. The van der Waals surface area contributed by atoms with E-state index >= 15 is 0 Å². The third-order valence-corrected chi connectivity index (χ3v) is 3.99. The number of fused-ring (bicyclic) bond motifs is 1. The molecule has 0 fully saturated rings. The molecular formula is C17H19NO. The quantitative estimate of drug-likeness (QED) is 0.755. The molecule has 0 atom stereocenters. The van der Waals surface area contributed by atoms with Gasteiger partial charge in [0.1, 0.15) is 0 Å². The predicted octanol–water partition coefficient (Wildman–Crippen LogP) is 3.92. The molecule has 0 unspecified atom stereocenters. The van der Waals surface area contributed by atoms with E-state index < -0.39 is 0 Å². The van der Waals surface area contributed by atoms with Crippen LogP contribution in [0.5, 0.6) is 0 Å². The number of ketones is 1. The summed E-state index contributed by atoms with van der Waals surface area (Å²) in [6, 6.07) is 6.40. The molecule has 0 bridgehead atoms. The molecule has 0 aliphatic heterocycles. The number of nitrogens with zero attached hydrogens (tertiary/aromatic N) is 1. The SMILES string of the molecule is Cc1cc(C)c(-n2ccc3c2CCCC3=O)c(C)c1. The fourth-order valence-electron chi connectivity index (χ4n) is 3.29. The lowest BCUT2D eigenvalue weighted by Crippen LogP contribution is -2.13. The maximum Gasteiger partial charge on any atom is 0.164 e. The molecule has 0 saturated heterocycles. The van der Waals surface area contributed by atoms with Crippen molar-refractivity contribution in [2.24, 2.45) is 0 Å². The van der Waals surface area contributed by atoms with Gasteiger partial charge in [0.05, 0.1) is 5.69 Å². The fourth-order valence-corrected chi connectivity index (χ4v) is 3.29. The first-order valence-electron chi connectivity index (χ1n) is 6.89. The first kappa shape index (κ1) is 12.2. The van der Waals surface area contributed by atoms with Crippen LogP contribution >= 0.6 is 0 Å². The molecule has 19 heavy (non-hydrogen) atoms. The number of carbonyl (C=O) groups is 1. The van der Waals surface area contributed by atoms with Crippen molar-refractivity contribution in [3.8, 4) is 5.69 Å². The first-order chi connectivity index (χ1) is 9.08. The summed E-state index contributed by atoms with van der Waals surface area (Å²) < 4.78 is 2.22. The van der Waals surface area contributed by atoms with Crippen molar-refractivity contribution < 1.29 is 4.79 Å². The van der Waals surface area contributed by atoms with Crippen LogP contribution in [0.25, 0.3) is 5.69 Å². The van der Waals surface area contributed by atoms with Gasteiger partial charge in [-0.2, -0.15) is 0 Å².